The van der Waals surface area contributed by atoms with Crippen molar-refractivity contribution in [1.82, 2.24) is 9.13 Å². The minimum Gasteiger partial charge on any atom is -0.309 e. The van der Waals surface area contributed by atoms with Crippen molar-refractivity contribution in [2.45, 2.75) is 31.1 Å². The van der Waals surface area contributed by atoms with Crippen LogP contribution in [0.2, 0.25) is 0 Å². The molecule has 57 heavy (non-hydrogen) atoms. The van der Waals surface area contributed by atoms with Crippen molar-refractivity contribution in [3.63, 3.8) is 0 Å². The third-order valence-electron chi connectivity index (χ3n) is 13.1. The number of thiophene rings is 2. The first-order valence-electron chi connectivity index (χ1n) is 20.1. The van der Waals surface area contributed by atoms with Gasteiger partial charge in [-0.05, 0) is 109 Å². The summed E-state index contributed by atoms with van der Waals surface area (Å²) < 4.78 is 10.3. The van der Waals surface area contributed by atoms with Crippen LogP contribution in [0.15, 0.2) is 170 Å². The highest BCUT2D eigenvalue weighted by atomic mass is 32.1. The summed E-state index contributed by atoms with van der Waals surface area (Å²) in [7, 11) is 0. The van der Waals surface area contributed by atoms with E-state index in [1.807, 2.05) is 22.7 Å². The zero-order chi connectivity index (χ0) is 37.2. The molecule has 0 N–H and O–H groups in total. The number of fused-ring (bicyclic) bond motifs is 12. The highest BCUT2D eigenvalue weighted by Crippen LogP contribution is 2.49. The summed E-state index contributed by atoms with van der Waals surface area (Å²) >= 11 is 3.76. The molecule has 0 bridgehead atoms. The SMILES string of the molecule is c1ccc2c(c1)sc1ccc(-n3c4ccccc4c4cc(C5(c6ccc7c(c6)c6ccccc6n7-c6ccc7sc8ccccc8c7c6)CCCC5)ccc43)cc12. The highest BCUT2D eigenvalue weighted by molar-refractivity contribution is 7.26. The molecule has 0 unspecified atom stereocenters. The maximum Gasteiger partial charge on any atom is 0.0541 e. The van der Waals surface area contributed by atoms with Gasteiger partial charge in [0.05, 0.1) is 22.1 Å². The van der Waals surface area contributed by atoms with Crippen molar-refractivity contribution in [1.29, 1.82) is 0 Å². The third kappa shape index (κ3) is 4.51. The van der Waals surface area contributed by atoms with Crippen LogP contribution in [0.5, 0.6) is 0 Å². The minimum absolute atomic E-state index is 0.0439. The van der Waals surface area contributed by atoms with Crippen molar-refractivity contribution < 1.29 is 0 Å². The molecule has 8 aromatic carbocycles. The smallest absolute Gasteiger partial charge is 0.0541 e. The number of nitrogens with zero attached hydrogens (tertiary/aromatic N) is 2. The van der Waals surface area contributed by atoms with Crippen LogP contribution >= 0.6 is 22.7 Å². The molecule has 12 aromatic rings. The highest BCUT2D eigenvalue weighted by Gasteiger charge is 2.38. The molecular weight excluding hydrogens is 729 g/mol. The van der Waals surface area contributed by atoms with E-state index in [1.54, 1.807) is 0 Å². The van der Waals surface area contributed by atoms with Crippen LogP contribution in [0.25, 0.3) is 95.3 Å². The van der Waals surface area contributed by atoms with Gasteiger partial charge in [0.25, 0.3) is 0 Å². The van der Waals surface area contributed by atoms with Gasteiger partial charge < -0.3 is 9.13 Å². The molecule has 4 heterocycles. The zero-order valence-corrected chi connectivity index (χ0v) is 32.8. The monoisotopic (exact) mass is 764 g/mol. The Morgan fingerprint density at radius 1 is 0.333 bits per heavy atom. The lowest BCUT2D eigenvalue weighted by molar-refractivity contribution is 0.536. The second-order valence-corrected chi connectivity index (χ2v) is 18.2. The molecule has 0 radical (unpaired) electrons. The molecule has 0 saturated heterocycles. The molecule has 0 atom stereocenters. The minimum atomic E-state index is -0.0439. The Balaban J connectivity index is 0.985. The van der Waals surface area contributed by atoms with E-state index in [1.165, 1.54) is 119 Å². The number of aromatic nitrogens is 2. The van der Waals surface area contributed by atoms with Gasteiger partial charge in [-0.3, -0.25) is 0 Å². The van der Waals surface area contributed by atoms with E-state index in [2.05, 4.69) is 179 Å². The fraction of sp³-hybridized carbons (Fsp3) is 0.0943. The lowest BCUT2D eigenvalue weighted by Crippen LogP contribution is -2.23. The molecule has 13 rings (SSSR count). The van der Waals surface area contributed by atoms with Gasteiger partial charge in [0.1, 0.15) is 0 Å². The van der Waals surface area contributed by atoms with E-state index in [0.29, 0.717) is 0 Å². The number of para-hydroxylation sites is 2. The molecular formula is C53H36N2S2. The Morgan fingerprint density at radius 3 is 1.23 bits per heavy atom. The standard InChI is InChI=1S/C53H36N2S2/c1-5-15-45-37(11-1)41-29-33(19-23-47(41)54(45)35-21-25-51-43(31-35)39-13-3-7-17-49(39)56-51)53(27-9-10-28-53)34-20-24-48-42(30-34)38-12-2-6-16-46(38)55(48)36-22-26-52-44(32-36)40-14-4-8-18-50(40)57-52/h1-8,11-26,29-32H,9-10,27-28H2. The van der Waals surface area contributed by atoms with Gasteiger partial charge in [-0.15, -0.1) is 22.7 Å². The topological polar surface area (TPSA) is 9.86 Å². The van der Waals surface area contributed by atoms with E-state index in [-0.39, 0.29) is 5.41 Å². The van der Waals surface area contributed by atoms with Crippen LogP contribution in [0.1, 0.15) is 36.8 Å². The Hall–Kier alpha value is -6.20. The van der Waals surface area contributed by atoms with Gasteiger partial charge in [-0.1, -0.05) is 97.8 Å². The molecule has 270 valence electrons. The molecule has 0 amide bonds. The van der Waals surface area contributed by atoms with Crippen LogP contribution in [0.4, 0.5) is 0 Å². The quantitative estimate of drug-likeness (QED) is 0.169. The number of rotatable bonds is 4. The van der Waals surface area contributed by atoms with Crippen LogP contribution in [0, 0.1) is 0 Å². The first-order chi connectivity index (χ1) is 28.2. The Morgan fingerprint density at radius 2 is 0.737 bits per heavy atom. The molecule has 2 nitrogen and oxygen atoms in total. The predicted octanol–water partition coefficient (Wildman–Crippen LogP) is 15.5. The summed E-state index contributed by atoms with van der Waals surface area (Å²) in [6, 6.07) is 64.4. The van der Waals surface area contributed by atoms with Crippen molar-refractivity contribution in [2.75, 3.05) is 0 Å². The van der Waals surface area contributed by atoms with Gasteiger partial charge in [0.2, 0.25) is 0 Å². The van der Waals surface area contributed by atoms with Crippen molar-refractivity contribution >= 4 is 107 Å². The maximum atomic E-state index is 2.55. The summed E-state index contributed by atoms with van der Waals surface area (Å²) in [6.07, 6.45) is 4.79. The van der Waals surface area contributed by atoms with Gasteiger partial charge >= 0.3 is 0 Å². The summed E-state index contributed by atoms with van der Waals surface area (Å²) in [6.45, 7) is 0. The van der Waals surface area contributed by atoms with E-state index >= 15 is 0 Å². The number of benzene rings is 8. The second kappa shape index (κ2) is 11.9. The molecule has 4 aromatic heterocycles. The molecule has 1 aliphatic carbocycles. The van der Waals surface area contributed by atoms with Crippen LogP contribution in [-0.4, -0.2) is 9.13 Å². The average molecular weight is 765 g/mol. The van der Waals surface area contributed by atoms with Crippen LogP contribution in [-0.2, 0) is 5.41 Å². The lowest BCUT2D eigenvalue weighted by Gasteiger charge is -2.31. The van der Waals surface area contributed by atoms with E-state index in [9.17, 15) is 0 Å². The molecule has 1 fully saturated rings. The van der Waals surface area contributed by atoms with Crippen molar-refractivity contribution in [2.24, 2.45) is 0 Å². The van der Waals surface area contributed by atoms with Gasteiger partial charge in [0, 0.05) is 78.7 Å². The lowest BCUT2D eigenvalue weighted by atomic mass is 9.72. The Bertz CT molecular complexity index is 3370. The molecule has 4 heteroatoms. The zero-order valence-electron chi connectivity index (χ0n) is 31.2. The van der Waals surface area contributed by atoms with Gasteiger partial charge in [0.15, 0.2) is 0 Å². The molecule has 0 aliphatic heterocycles. The fourth-order valence-electron chi connectivity index (χ4n) is 10.5. The van der Waals surface area contributed by atoms with E-state index in [4.69, 9.17) is 0 Å². The second-order valence-electron chi connectivity index (χ2n) is 16.0. The van der Waals surface area contributed by atoms with E-state index < -0.39 is 0 Å². The fourth-order valence-corrected chi connectivity index (χ4v) is 12.7. The van der Waals surface area contributed by atoms with Crippen molar-refractivity contribution in [3.05, 3.63) is 181 Å². The first-order valence-corrected chi connectivity index (χ1v) is 21.8. The van der Waals surface area contributed by atoms with Gasteiger partial charge in [-0.25, -0.2) is 0 Å². The van der Waals surface area contributed by atoms with Crippen LogP contribution in [0.3, 0.4) is 0 Å². The Labute approximate surface area is 337 Å². The summed E-state index contributed by atoms with van der Waals surface area (Å²) in [4.78, 5) is 0. The first kappa shape index (κ1) is 31.9. The number of hydrogen-bond acceptors (Lipinski definition) is 2. The third-order valence-corrected chi connectivity index (χ3v) is 15.4. The Kier molecular flexibility index (Phi) is 6.67. The summed E-state index contributed by atoms with van der Waals surface area (Å²) in [5.41, 5.74) is 10.3. The molecule has 0 spiro atoms. The van der Waals surface area contributed by atoms with E-state index in [0.717, 1.165) is 12.8 Å². The molecule has 1 saturated carbocycles. The normalized spacial score (nSPS) is 14.5. The number of hydrogen-bond donors (Lipinski definition) is 0. The molecule has 1 aliphatic rings. The van der Waals surface area contributed by atoms with Crippen LogP contribution < -0.4 is 0 Å². The average Bonchev–Trinajstić information content (AvgIpc) is 4.10. The van der Waals surface area contributed by atoms with Crippen molar-refractivity contribution in [3.8, 4) is 11.4 Å². The van der Waals surface area contributed by atoms with Gasteiger partial charge in [-0.2, -0.15) is 0 Å². The largest absolute Gasteiger partial charge is 0.309 e. The summed E-state index contributed by atoms with van der Waals surface area (Å²) in [5, 5.41) is 10.6. The summed E-state index contributed by atoms with van der Waals surface area (Å²) in [5.74, 6) is 0. The predicted molar refractivity (Wildman–Crippen MR) is 247 cm³/mol. The maximum absolute atomic E-state index is 2.55.